The van der Waals surface area contributed by atoms with Crippen molar-refractivity contribution in [2.75, 3.05) is 0 Å². The summed E-state index contributed by atoms with van der Waals surface area (Å²) in [6, 6.07) is 9.51. The van der Waals surface area contributed by atoms with E-state index in [1.54, 1.807) is 0 Å². The number of benzene rings is 1. The summed E-state index contributed by atoms with van der Waals surface area (Å²) >= 11 is 0. The van der Waals surface area contributed by atoms with Crippen molar-refractivity contribution in [1.29, 1.82) is 0 Å². The highest BCUT2D eigenvalue weighted by molar-refractivity contribution is 5.28. The molecule has 0 N–H and O–H groups in total. The molecule has 1 aromatic rings. The normalized spacial score (nSPS) is 15.1. The topological polar surface area (TPSA) is 0 Å². The fraction of sp³-hybridized carbons (Fsp3) is 0.700. The molecule has 0 aliphatic rings. The van der Waals surface area contributed by atoms with Gasteiger partial charge in [0.1, 0.15) is 0 Å². The van der Waals surface area contributed by atoms with Crippen LogP contribution in [0.5, 0.6) is 0 Å². The second-order valence-electron chi connectivity index (χ2n) is 7.41. The summed E-state index contributed by atoms with van der Waals surface area (Å²) in [6.07, 6.45) is 2.52. The van der Waals surface area contributed by atoms with Gasteiger partial charge in [-0.3, -0.25) is 0 Å². The minimum absolute atomic E-state index is 0.697. The molecule has 0 spiro atoms. The van der Waals surface area contributed by atoms with Crippen molar-refractivity contribution in [3.8, 4) is 0 Å². The highest BCUT2D eigenvalue weighted by Gasteiger charge is 2.18. The van der Waals surface area contributed by atoms with Crippen molar-refractivity contribution in [1.82, 2.24) is 0 Å². The van der Waals surface area contributed by atoms with E-state index in [4.69, 9.17) is 0 Å². The van der Waals surface area contributed by atoms with Gasteiger partial charge in [0.25, 0.3) is 0 Å². The lowest BCUT2D eigenvalue weighted by Crippen LogP contribution is -2.11. The molecule has 0 aliphatic heterocycles. The van der Waals surface area contributed by atoms with E-state index >= 15 is 0 Å². The lowest BCUT2D eigenvalue weighted by molar-refractivity contribution is 0.407. The van der Waals surface area contributed by atoms with Gasteiger partial charge >= 0.3 is 0 Å². The first-order valence-electron chi connectivity index (χ1n) is 8.46. The minimum Gasteiger partial charge on any atom is -0.0648 e. The molecule has 0 radical (unpaired) electrons. The third kappa shape index (κ3) is 4.65. The van der Waals surface area contributed by atoms with Crippen LogP contribution in [0.15, 0.2) is 24.3 Å². The first-order valence-corrected chi connectivity index (χ1v) is 8.46. The van der Waals surface area contributed by atoms with Crippen molar-refractivity contribution in [3.63, 3.8) is 0 Å². The zero-order valence-electron chi connectivity index (χ0n) is 14.6. The van der Waals surface area contributed by atoms with E-state index in [1.165, 1.54) is 24.0 Å². The minimum atomic E-state index is 0.697. The average molecular weight is 274 g/mol. The second kappa shape index (κ2) is 7.86. The Kier molecular flexibility index (Phi) is 6.79. The molecule has 0 saturated carbocycles. The van der Waals surface area contributed by atoms with Crippen LogP contribution in [0.3, 0.4) is 0 Å². The molecule has 114 valence electrons. The molecule has 0 fully saturated rings. The summed E-state index contributed by atoms with van der Waals surface area (Å²) in [6.45, 7) is 16.3. The maximum Gasteiger partial charge on any atom is -0.0136 e. The van der Waals surface area contributed by atoms with Crippen LogP contribution in [-0.4, -0.2) is 0 Å². The van der Waals surface area contributed by atoms with E-state index in [2.05, 4.69) is 72.7 Å². The maximum absolute atomic E-state index is 2.38. The Morgan fingerprint density at radius 1 is 0.700 bits per heavy atom. The lowest BCUT2D eigenvalue weighted by atomic mass is 9.80. The Morgan fingerprint density at radius 2 is 1.10 bits per heavy atom. The van der Waals surface area contributed by atoms with Crippen molar-refractivity contribution < 1.29 is 0 Å². The summed E-state index contributed by atoms with van der Waals surface area (Å²) in [5.74, 6) is 3.61. The van der Waals surface area contributed by atoms with Crippen LogP contribution in [-0.2, 0) is 0 Å². The molecule has 0 heterocycles. The molecule has 2 atom stereocenters. The summed E-state index contributed by atoms with van der Waals surface area (Å²) < 4.78 is 0. The number of rotatable bonds is 7. The van der Waals surface area contributed by atoms with Gasteiger partial charge in [-0.1, -0.05) is 72.7 Å². The van der Waals surface area contributed by atoms with Crippen molar-refractivity contribution in [3.05, 3.63) is 35.4 Å². The van der Waals surface area contributed by atoms with Crippen LogP contribution < -0.4 is 0 Å². The maximum atomic E-state index is 2.38. The molecule has 2 unspecified atom stereocenters. The van der Waals surface area contributed by atoms with Gasteiger partial charge in [-0.25, -0.2) is 0 Å². The molecule has 0 aromatic heterocycles. The van der Waals surface area contributed by atoms with Crippen LogP contribution >= 0.6 is 0 Å². The molecule has 0 amide bonds. The van der Waals surface area contributed by atoms with Crippen molar-refractivity contribution in [2.24, 2.45) is 17.8 Å². The van der Waals surface area contributed by atoms with Crippen molar-refractivity contribution >= 4 is 0 Å². The van der Waals surface area contributed by atoms with Gasteiger partial charge in [-0.05, 0) is 53.6 Å². The Hall–Kier alpha value is -0.780. The van der Waals surface area contributed by atoms with Crippen LogP contribution in [0, 0.1) is 17.8 Å². The smallest absolute Gasteiger partial charge is 0.0136 e. The quantitative estimate of drug-likeness (QED) is 0.524. The molecule has 0 bridgehead atoms. The fourth-order valence-electron chi connectivity index (χ4n) is 3.38. The van der Waals surface area contributed by atoms with E-state index in [0.29, 0.717) is 11.8 Å². The molecule has 0 heteroatoms. The van der Waals surface area contributed by atoms with Crippen LogP contribution in [0.2, 0.25) is 0 Å². The predicted molar refractivity (Wildman–Crippen MR) is 91.3 cm³/mol. The zero-order valence-corrected chi connectivity index (χ0v) is 14.6. The van der Waals surface area contributed by atoms with Gasteiger partial charge in [-0.2, -0.15) is 0 Å². The van der Waals surface area contributed by atoms with Crippen LogP contribution in [0.25, 0.3) is 0 Å². The highest BCUT2D eigenvalue weighted by atomic mass is 14.2. The van der Waals surface area contributed by atoms with E-state index in [0.717, 1.165) is 17.8 Å². The SMILES string of the molecule is CCC(c1ccc(C(CC(C)C)C(C)C)cc1)C(C)C. The first kappa shape index (κ1) is 17.3. The molecule has 0 aliphatic carbocycles. The Balaban J connectivity index is 2.93. The van der Waals surface area contributed by atoms with Crippen LogP contribution in [0.1, 0.15) is 84.3 Å². The molecule has 0 nitrogen and oxygen atoms in total. The van der Waals surface area contributed by atoms with Gasteiger partial charge in [0.05, 0.1) is 0 Å². The van der Waals surface area contributed by atoms with Gasteiger partial charge in [-0.15, -0.1) is 0 Å². The van der Waals surface area contributed by atoms with Gasteiger partial charge in [0.15, 0.2) is 0 Å². The molecule has 1 aromatic carbocycles. The molecule has 20 heavy (non-hydrogen) atoms. The molecule has 1 rings (SSSR count). The second-order valence-corrected chi connectivity index (χ2v) is 7.41. The zero-order chi connectivity index (χ0) is 15.3. The standard InChI is InChI=1S/C20H34/c1-8-19(15(4)5)17-9-11-18(12-10-17)20(16(6)7)13-14(2)3/h9-12,14-16,19-20H,8,13H2,1-7H3. The number of hydrogen-bond donors (Lipinski definition) is 0. The van der Waals surface area contributed by atoms with Gasteiger partial charge in [0.2, 0.25) is 0 Å². The first-order chi connectivity index (χ1) is 9.36. The Morgan fingerprint density at radius 3 is 1.40 bits per heavy atom. The van der Waals surface area contributed by atoms with E-state index in [-0.39, 0.29) is 0 Å². The van der Waals surface area contributed by atoms with Crippen LogP contribution in [0.4, 0.5) is 0 Å². The Bertz CT molecular complexity index is 370. The Labute approximate surface area is 127 Å². The summed E-state index contributed by atoms with van der Waals surface area (Å²) in [7, 11) is 0. The third-order valence-corrected chi connectivity index (χ3v) is 4.57. The monoisotopic (exact) mass is 274 g/mol. The summed E-state index contributed by atoms with van der Waals surface area (Å²) in [4.78, 5) is 0. The van der Waals surface area contributed by atoms with Crippen molar-refractivity contribution in [2.45, 2.75) is 73.1 Å². The predicted octanol–water partition coefficient (Wildman–Crippen LogP) is 6.62. The largest absolute Gasteiger partial charge is 0.0648 e. The molecular weight excluding hydrogens is 240 g/mol. The van der Waals surface area contributed by atoms with Gasteiger partial charge < -0.3 is 0 Å². The molecule has 0 saturated heterocycles. The molecular formula is C20H34. The summed E-state index contributed by atoms with van der Waals surface area (Å²) in [5, 5.41) is 0. The van der Waals surface area contributed by atoms with E-state index in [9.17, 15) is 0 Å². The lowest BCUT2D eigenvalue weighted by Gasteiger charge is -2.25. The number of hydrogen-bond acceptors (Lipinski definition) is 0. The summed E-state index contributed by atoms with van der Waals surface area (Å²) in [5.41, 5.74) is 3.04. The average Bonchev–Trinajstić information content (AvgIpc) is 2.37. The van der Waals surface area contributed by atoms with E-state index in [1.807, 2.05) is 0 Å². The van der Waals surface area contributed by atoms with Gasteiger partial charge in [0, 0.05) is 0 Å². The van der Waals surface area contributed by atoms with E-state index < -0.39 is 0 Å². The highest BCUT2D eigenvalue weighted by Crippen LogP contribution is 2.33. The fourth-order valence-corrected chi connectivity index (χ4v) is 3.38. The third-order valence-electron chi connectivity index (χ3n) is 4.57.